The summed E-state index contributed by atoms with van der Waals surface area (Å²) < 4.78 is 22.0. The summed E-state index contributed by atoms with van der Waals surface area (Å²) in [4.78, 5) is 98.7. The summed E-state index contributed by atoms with van der Waals surface area (Å²) in [5.74, 6) is -3.41. The molecule has 392 valence electrons. The van der Waals surface area contributed by atoms with Gasteiger partial charge in [0.25, 0.3) is 5.91 Å². The average molecular weight is 1010 g/mol. The number of amides is 6. The molecule has 1 aliphatic rings. The molecule has 4 aromatic rings. The number of rotatable bonds is 19. The van der Waals surface area contributed by atoms with Gasteiger partial charge in [0, 0.05) is 36.7 Å². The van der Waals surface area contributed by atoms with E-state index in [0.717, 1.165) is 35.3 Å². The molecule has 6 amide bonds. The Hall–Kier alpha value is -7.47. The van der Waals surface area contributed by atoms with Gasteiger partial charge in [0.15, 0.2) is 0 Å². The van der Waals surface area contributed by atoms with Crippen LogP contribution >= 0.6 is 0 Å². The molecule has 18 nitrogen and oxygen atoms in total. The Labute approximate surface area is 427 Å². The molecule has 0 aliphatic carbocycles. The van der Waals surface area contributed by atoms with Crippen molar-refractivity contribution in [3.63, 3.8) is 0 Å². The van der Waals surface area contributed by atoms with E-state index in [1.54, 1.807) is 69.3 Å². The summed E-state index contributed by atoms with van der Waals surface area (Å²) in [6.45, 7) is 8.45. The first-order valence-electron chi connectivity index (χ1n) is 24.6. The van der Waals surface area contributed by atoms with Crippen molar-refractivity contribution < 1.29 is 52.5 Å². The first kappa shape index (κ1) is 56.4. The molecule has 0 fully saturated rings. The molecule has 0 spiro atoms. The Morgan fingerprint density at radius 1 is 0.781 bits per heavy atom. The van der Waals surface area contributed by atoms with Crippen molar-refractivity contribution in [2.24, 2.45) is 5.73 Å². The lowest BCUT2D eigenvalue weighted by Gasteiger charge is -2.33. The number of nitrogens with zero attached hydrogens (tertiary/aromatic N) is 1. The fraction of sp³-hybridized carbons (Fsp3) is 0.436. The standard InChI is InChI=1S/C55H71N7O11/c1-10-11-14-34-16-19-36(20-17-34)37-21-23-38(24-22-37)49(64)57-32-44(61-54(69)73-55(3,4)5)50(65)59-42(15-12-13-28-56)52(67)62(6)47-39-25-27-46(71-8)41(31-39)40-29-35(18-26-45(40)70-7)30-43(53(68)72-9)60-48(63)33(2)58-51(47)66/h16-27,29,31,33,42-44,47H,10-15,28,30,32,56H2,1-9H3,(H,57,64)(H,58,66)(H,59,65)(H,60,63)(H,61,69)/t33-,42-,43-,44+,47-/m0/s1. The fourth-order valence-electron chi connectivity index (χ4n) is 8.39. The van der Waals surface area contributed by atoms with Crippen molar-refractivity contribution in [2.45, 2.75) is 115 Å². The number of nitrogens with two attached hydrogens (primary N) is 1. The fourth-order valence-corrected chi connectivity index (χ4v) is 8.39. The first-order chi connectivity index (χ1) is 34.8. The highest BCUT2D eigenvalue weighted by molar-refractivity contribution is 5.98. The number of carbonyl (C=O) groups excluding carboxylic acids is 7. The number of unbranched alkanes of at least 4 members (excludes halogenated alkanes) is 2. The maximum absolute atomic E-state index is 15.0. The Morgan fingerprint density at radius 2 is 1.41 bits per heavy atom. The highest BCUT2D eigenvalue weighted by Gasteiger charge is 2.37. The lowest BCUT2D eigenvalue weighted by molar-refractivity contribution is -0.145. The second-order valence-corrected chi connectivity index (χ2v) is 19.0. The van der Waals surface area contributed by atoms with Crippen LogP contribution in [0.25, 0.3) is 22.3 Å². The largest absolute Gasteiger partial charge is 0.496 e. The number of methoxy groups -OCH3 is 3. The minimum Gasteiger partial charge on any atom is -0.496 e. The van der Waals surface area contributed by atoms with Gasteiger partial charge in [-0.1, -0.05) is 61.9 Å². The summed E-state index contributed by atoms with van der Waals surface area (Å²) in [7, 11) is 5.57. The van der Waals surface area contributed by atoms with Crippen LogP contribution in [0.1, 0.15) is 99.8 Å². The number of nitrogens with one attached hydrogen (secondary N) is 5. The highest BCUT2D eigenvalue weighted by Crippen LogP contribution is 2.40. The van der Waals surface area contributed by atoms with Gasteiger partial charge in [-0.2, -0.15) is 0 Å². The van der Waals surface area contributed by atoms with Crippen LogP contribution in [0, 0.1) is 0 Å². The van der Waals surface area contributed by atoms with Crippen LogP contribution in [-0.2, 0) is 46.3 Å². The third kappa shape index (κ3) is 15.5. The monoisotopic (exact) mass is 1010 g/mol. The zero-order chi connectivity index (χ0) is 53.4. The SMILES string of the molecule is CCCCc1ccc(-c2ccc(C(=O)NC[C@@H](NC(=O)OC(C)(C)C)C(=O)N[C@@H](CCCCN)C(=O)N(C)[C@@H]3C(=O)N[C@@H](C)C(=O)N[C@H](C(=O)OC)Cc4ccc(OC)c(c4)-c4cc3ccc4OC)cc2)cc1. The molecule has 1 heterocycles. The van der Waals surface area contributed by atoms with Gasteiger partial charge in [0.05, 0.1) is 21.3 Å². The molecular weight excluding hydrogens is 935 g/mol. The molecule has 4 aromatic carbocycles. The van der Waals surface area contributed by atoms with E-state index < -0.39 is 84.0 Å². The van der Waals surface area contributed by atoms with Crippen LogP contribution in [0.2, 0.25) is 0 Å². The quantitative estimate of drug-likeness (QED) is 0.0501. The van der Waals surface area contributed by atoms with Gasteiger partial charge < -0.3 is 56.2 Å². The Balaban J connectivity index is 1.47. The highest BCUT2D eigenvalue weighted by atomic mass is 16.6. The number of hydrogen-bond donors (Lipinski definition) is 6. The lowest BCUT2D eigenvalue weighted by atomic mass is 9.93. The molecule has 73 heavy (non-hydrogen) atoms. The second-order valence-electron chi connectivity index (χ2n) is 19.0. The number of carbonyl (C=O) groups is 7. The maximum Gasteiger partial charge on any atom is 0.408 e. The number of likely N-dealkylation sites (N-methyl/N-ethyl adjacent to an activating group) is 1. The van der Waals surface area contributed by atoms with E-state index in [9.17, 15) is 33.6 Å². The number of hydrogen-bond acceptors (Lipinski definition) is 12. The molecule has 0 aromatic heterocycles. The third-order valence-corrected chi connectivity index (χ3v) is 12.4. The van der Waals surface area contributed by atoms with Crippen molar-refractivity contribution in [3.8, 4) is 33.8 Å². The number of esters is 1. The van der Waals surface area contributed by atoms with Gasteiger partial charge in [-0.15, -0.1) is 0 Å². The maximum atomic E-state index is 15.0. The van der Waals surface area contributed by atoms with E-state index in [1.807, 2.05) is 24.3 Å². The minimum atomic E-state index is -1.44. The molecule has 5 atom stereocenters. The molecule has 1 aliphatic heterocycles. The number of benzene rings is 4. The number of ether oxygens (including phenoxy) is 4. The summed E-state index contributed by atoms with van der Waals surface area (Å²) in [6.07, 6.45) is 3.23. The first-order valence-corrected chi connectivity index (χ1v) is 24.6. The van der Waals surface area contributed by atoms with Crippen molar-refractivity contribution in [1.82, 2.24) is 31.5 Å². The van der Waals surface area contributed by atoms with Crippen molar-refractivity contribution in [1.29, 1.82) is 0 Å². The normalized spacial score (nSPS) is 16.5. The molecular formula is C55H71N7O11. The minimum absolute atomic E-state index is 0.0403. The summed E-state index contributed by atoms with van der Waals surface area (Å²) >= 11 is 0. The van der Waals surface area contributed by atoms with E-state index in [-0.39, 0.29) is 19.4 Å². The summed E-state index contributed by atoms with van der Waals surface area (Å²) in [5.41, 5.74) is 10.3. The molecule has 0 saturated carbocycles. The second kappa shape index (κ2) is 26.3. The topological polar surface area (TPSA) is 246 Å². The molecule has 7 N–H and O–H groups in total. The molecule has 0 unspecified atom stereocenters. The smallest absolute Gasteiger partial charge is 0.408 e. The van der Waals surface area contributed by atoms with Crippen LogP contribution in [-0.4, -0.2) is 118 Å². The Morgan fingerprint density at radius 3 is 2.01 bits per heavy atom. The summed E-state index contributed by atoms with van der Waals surface area (Å²) in [6, 6.07) is 18.9. The van der Waals surface area contributed by atoms with Crippen LogP contribution < -0.4 is 41.8 Å². The molecule has 5 rings (SSSR count). The van der Waals surface area contributed by atoms with Crippen molar-refractivity contribution >= 4 is 41.6 Å². The van der Waals surface area contributed by atoms with Crippen LogP contribution in [0.15, 0.2) is 84.9 Å². The Kier molecular flexibility index (Phi) is 20.3. The van der Waals surface area contributed by atoms with Gasteiger partial charge in [-0.05, 0) is 131 Å². The van der Waals surface area contributed by atoms with E-state index >= 15 is 0 Å². The third-order valence-electron chi connectivity index (χ3n) is 12.4. The van der Waals surface area contributed by atoms with Crippen LogP contribution in [0.3, 0.4) is 0 Å². The van der Waals surface area contributed by atoms with E-state index in [0.29, 0.717) is 52.2 Å². The predicted octanol–water partition coefficient (Wildman–Crippen LogP) is 5.54. The predicted molar refractivity (Wildman–Crippen MR) is 277 cm³/mol. The average Bonchev–Trinajstić information content (AvgIpc) is 3.37. The summed E-state index contributed by atoms with van der Waals surface area (Å²) in [5, 5.41) is 13.5. The van der Waals surface area contributed by atoms with Gasteiger partial charge in [-0.25, -0.2) is 9.59 Å². The molecule has 4 bridgehead atoms. The Bertz CT molecular complexity index is 2580. The number of alkyl carbamates (subject to hydrolysis) is 1. The van der Waals surface area contributed by atoms with E-state index in [1.165, 1.54) is 40.9 Å². The zero-order valence-electron chi connectivity index (χ0n) is 43.3. The zero-order valence-corrected chi connectivity index (χ0v) is 43.3. The molecule has 18 heteroatoms. The lowest BCUT2D eigenvalue weighted by Crippen LogP contribution is -2.58. The van der Waals surface area contributed by atoms with Crippen LogP contribution in [0.5, 0.6) is 11.5 Å². The van der Waals surface area contributed by atoms with Gasteiger partial charge in [-0.3, -0.25) is 24.0 Å². The van der Waals surface area contributed by atoms with Crippen molar-refractivity contribution in [2.75, 3.05) is 41.5 Å². The van der Waals surface area contributed by atoms with Gasteiger partial charge >= 0.3 is 12.1 Å². The van der Waals surface area contributed by atoms with Crippen molar-refractivity contribution in [3.05, 3.63) is 107 Å². The number of aryl methyl sites for hydroxylation is 1. The van der Waals surface area contributed by atoms with E-state index in [2.05, 4.69) is 45.6 Å². The van der Waals surface area contributed by atoms with E-state index in [4.69, 9.17) is 24.7 Å². The number of fused-ring (bicyclic) bond motifs is 5. The molecule has 0 saturated heterocycles. The van der Waals surface area contributed by atoms with Gasteiger partial charge in [0.1, 0.15) is 47.3 Å². The molecule has 0 radical (unpaired) electrons. The van der Waals surface area contributed by atoms with Crippen LogP contribution in [0.4, 0.5) is 4.79 Å². The van der Waals surface area contributed by atoms with Gasteiger partial charge in [0.2, 0.25) is 23.6 Å².